The summed E-state index contributed by atoms with van der Waals surface area (Å²) in [6.07, 6.45) is 0. The van der Waals surface area contributed by atoms with Crippen LogP contribution in [0.4, 0.5) is 34.1 Å². The quantitative estimate of drug-likeness (QED) is 0.154. The van der Waals surface area contributed by atoms with Gasteiger partial charge in [0.05, 0.1) is 5.69 Å². The summed E-state index contributed by atoms with van der Waals surface area (Å²) in [4.78, 5) is 5.00. The SMILES string of the molecule is CC1(C)c2cc(-c3cc4c5c(c3)N(c3ccc6c(c3)OCCO6)c3cc6c(cc3B5c3ccc(-c5ccc7c(c5)sc5ccccc57)cc3N4c3cccc(-c4ccc5c(c4)sc4ccccc45)c3)OCCO6)ccc2-c2ccc(-c3cc4ccccc4o3)cc21. The first-order chi connectivity index (χ1) is 44.8. The first-order valence-electron chi connectivity index (χ1n) is 31.3. The van der Waals surface area contributed by atoms with Crippen LogP contribution in [0, 0.1) is 0 Å². The summed E-state index contributed by atoms with van der Waals surface area (Å²) in [6.45, 7) is 6.45. The van der Waals surface area contributed by atoms with E-state index in [1.54, 1.807) is 0 Å². The maximum absolute atomic E-state index is 6.55. The summed E-state index contributed by atoms with van der Waals surface area (Å²) in [5.41, 5.74) is 23.4. The molecule has 0 amide bonds. The Morgan fingerprint density at radius 1 is 0.363 bits per heavy atom. The second-order valence-electron chi connectivity index (χ2n) is 25.2. The van der Waals surface area contributed by atoms with E-state index in [1.165, 1.54) is 84.7 Å². The number of hydrogen-bond donors (Lipinski definition) is 0. The topological polar surface area (TPSA) is 56.5 Å². The van der Waals surface area contributed by atoms with Crippen LogP contribution in [0.15, 0.2) is 241 Å². The van der Waals surface area contributed by atoms with Crippen LogP contribution in [0.1, 0.15) is 25.0 Å². The van der Waals surface area contributed by atoms with Gasteiger partial charge in [0.15, 0.2) is 23.0 Å². The van der Waals surface area contributed by atoms with E-state index in [-0.39, 0.29) is 12.1 Å². The lowest BCUT2D eigenvalue weighted by Crippen LogP contribution is -2.61. The van der Waals surface area contributed by atoms with Crippen LogP contribution >= 0.6 is 22.7 Å². The van der Waals surface area contributed by atoms with Crippen molar-refractivity contribution in [1.82, 2.24) is 0 Å². The highest BCUT2D eigenvalue weighted by Gasteiger charge is 2.46. The van der Waals surface area contributed by atoms with Gasteiger partial charge < -0.3 is 33.2 Å². The van der Waals surface area contributed by atoms with E-state index >= 15 is 0 Å². The lowest BCUT2D eigenvalue weighted by atomic mass is 9.33. The van der Waals surface area contributed by atoms with E-state index in [2.05, 4.69) is 248 Å². The highest BCUT2D eigenvalue weighted by molar-refractivity contribution is 7.26. The Kier molecular flexibility index (Phi) is 10.9. The Labute approximate surface area is 533 Å². The van der Waals surface area contributed by atoms with Crippen molar-refractivity contribution in [2.24, 2.45) is 0 Å². The molecule has 4 aliphatic heterocycles. The molecule has 0 saturated heterocycles. The van der Waals surface area contributed by atoms with Gasteiger partial charge in [-0.25, -0.2) is 0 Å². The van der Waals surface area contributed by atoms with Gasteiger partial charge in [-0.2, -0.15) is 0 Å². The number of thiophene rings is 2. The van der Waals surface area contributed by atoms with Gasteiger partial charge in [-0.1, -0.05) is 141 Å². The minimum Gasteiger partial charge on any atom is -0.486 e. The van der Waals surface area contributed by atoms with Gasteiger partial charge in [-0.15, -0.1) is 22.7 Å². The van der Waals surface area contributed by atoms with E-state index in [0.717, 1.165) is 107 Å². The molecule has 0 atom stereocenters. The molecule has 0 saturated carbocycles. The predicted octanol–water partition coefficient (Wildman–Crippen LogP) is 19.8. The van der Waals surface area contributed by atoms with Gasteiger partial charge in [0, 0.05) is 97.3 Å². The molecule has 0 fully saturated rings. The second-order valence-corrected chi connectivity index (χ2v) is 27.3. The molecule has 7 heterocycles. The van der Waals surface area contributed by atoms with Crippen molar-refractivity contribution in [2.45, 2.75) is 19.3 Å². The van der Waals surface area contributed by atoms with Gasteiger partial charge in [0.2, 0.25) is 0 Å². The highest BCUT2D eigenvalue weighted by atomic mass is 32.1. The Bertz CT molecular complexity index is 5630. The fraction of sp³-hybridized carbons (Fsp3) is 0.0864. The second kappa shape index (κ2) is 19.2. The van der Waals surface area contributed by atoms with Gasteiger partial charge in [-0.05, 0) is 169 Å². The van der Waals surface area contributed by atoms with Crippen molar-refractivity contribution in [1.29, 1.82) is 0 Å². The first-order valence-corrected chi connectivity index (χ1v) is 32.9. The summed E-state index contributed by atoms with van der Waals surface area (Å²) in [5, 5.41) is 6.26. The minimum atomic E-state index is -0.326. The van der Waals surface area contributed by atoms with E-state index in [4.69, 9.17) is 23.4 Å². The average Bonchev–Trinajstić information content (AvgIpc) is 1.48. The van der Waals surface area contributed by atoms with Gasteiger partial charge in [-0.3, -0.25) is 0 Å². The number of ether oxygens (including phenoxy) is 4. The van der Waals surface area contributed by atoms with Crippen LogP contribution < -0.4 is 45.1 Å². The zero-order chi connectivity index (χ0) is 59.8. The molecule has 0 radical (unpaired) electrons. The third-order valence-electron chi connectivity index (χ3n) is 19.8. The van der Waals surface area contributed by atoms with Crippen molar-refractivity contribution < 1.29 is 23.4 Å². The Morgan fingerprint density at radius 2 is 0.890 bits per heavy atom. The number of fused-ring (bicyclic) bond motifs is 16. The molecule has 432 valence electrons. The fourth-order valence-electron chi connectivity index (χ4n) is 15.4. The average molecular weight is 1210 g/mol. The highest BCUT2D eigenvalue weighted by Crippen LogP contribution is 2.54. The molecule has 5 aliphatic rings. The van der Waals surface area contributed by atoms with Gasteiger partial charge in [0.25, 0.3) is 6.71 Å². The van der Waals surface area contributed by atoms with Crippen LogP contribution in [0.25, 0.3) is 107 Å². The van der Waals surface area contributed by atoms with Gasteiger partial charge in [0.1, 0.15) is 37.8 Å². The van der Waals surface area contributed by atoms with Crippen LogP contribution in [0.5, 0.6) is 23.0 Å². The van der Waals surface area contributed by atoms with Crippen molar-refractivity contribution >= 4 is 131 Å². The van der Waals surface area contributed by atoms with Crippen LogP contribution in [0.2, 0.25) is 0 Å². The number of hydrogen-bond acceptors (Lipinski definition) is 9. The molecule has 0 bridgehead atoms. The first kappa shape index (κ1) is 51.4. The van der Waals surface area contributed by atoms with Crippen LogP contribution in [-0.2, 0) is 5.41 Å². The largest absolute Gasteiger partial charge is 0.486 e. The van der Waals surface area contributed by atoms with E-state index in [9.17, 15) is 0 Å². The summed E-state index contributed by atoms with van der Waals surface area (Å²) in [5.74, 6) is 3.81. The molecular formula is C81H53BN2O5S2. The normalized spacial score (nSPS) is 14.7. The molecule has 0 N–H and O–H groups in total. The van der Waals surface area contributed by atoms with Crippen molar-refractivity contribution in [3.63, 3.8) is 0 Å². The third kappa shape index (κ3) is 7.73. The van der Waals surface area contributed by atoms with E-state index < -0.39 is 0 Å². The lowest BCUT2D eigenvalue weighted by molar-refractivity contribution is 0.171. The molecular weight excluding hydrogens is 1160 g/mol. The smallest absolute Gasteiger partial charge is 0.252 e. The number of nitrogens with zero attached hydrogens (tertiary/aromatic N) is 2. The third-order valence-corrected chi connectivity index (χ3v) is 22.0. The molecule has 15 aromatic rings. The number of anilines is 6. The van der Waals surface area contributed by atoms with Crippen molar-refractivity contribution in [3.05, 3.63) is 248 Å². The number of para-hydroxylation sites is 1. The van der Waals surface area contributed by atoms with Crippen molar-refractivity contribution in [2.75, 3.05) is 36.2 Å². The number of rotatable bonds is 6. The molecule has 12 aromatic carbocycles. The minimum absolute atomic E-state index is 0.211. The zero-order valence-corrected chi connectivity index (χ0v) is 51.3. The summed E-state index contributed by atoms with van der Waals surface area (Å²) in [6, 6.07) is 88.1. The number of furan rings is 1. The molecule has 0 unspecified atom stereocenters. The molecule has 3 aromatic heterocycles. The summed E-state index contributed by atoms with van der Waals surface area (Å²) < 4.78 is 37.3. The Morgan fingerprint density at radius 3 is 1.59 bits per heavy atom. The number of benzene rings is 12. The molecule has 91 heavy (non-hydrogen) atoms. The van der Waals surface area contributed by atoms with Gasteiger partial charge >= 0.3 is 0 Å². The monoisotopic (exact) mass is 1210 g/mol. The standard InChI is InChI=1S/C81H53BN2O5S2/c1-81(2)62-35-47(18-24-56(62)57-25-21-52(36-63(57)81)72-40-51-10-3-6-15-70(51)89-72)53-38-68-80-69(39-53)84(55-23-29-71-73(43-55)86-31-30-85-71)67-45-75-74(87-32-33-88-75)44-65(67)82(80)64-28-22-48(50-20-27-61-59-14-5-8-17-77(59)91-79(61)42-50)37-66(64)83(68)54-12-9-11-46(34-54)49-19-26-60-58-13-4-7-16-76(58)90-78(60)41-49/h3-29,34-45H,30-33H2,1-2H3. The maximum atomic E-state index is 6.55. The Balaban J connectivity index is 0.830. The molecule has 1 aliphatic carbocycles. The predicted molar refractivity (Wildman–Crippen MR) is 377 cm³/mol. The Hall–Kier alpha value is -10.5. The molecule has 7 nitrogen and oxygen atoms in total. The fourth-order valence-corrected chi connectivity index (χ4v) is 17.7. The maximum Gasteiger partial charge on any atom is 0.252 e. The molecule has 0 spiro atoms. The van der Waals surface area contributed by atoms with Crippen LogP contribution in [-0.4, -0.2) is 33.1 Å². The van der Waals surface area contributed by atoms with Crippen LogP contribution in [0.3, 0.4) is 0 Å². The zero-order valence-electron chi connectivity index (χ0n) is 49.7. The van der Waals surface area contributed by atoms with Crippen molar-refractivity contribution in [3.8, 4) is 78.8 Å². The summed E-state index contributed by atoms with van der Waals surface area (Å²) >= 11 is 3.72. The van der Waals surface area contributed by atoms with E-state index in [1.807, 2.05) is 34.8 Å². The lowest BCUT2D eigenvalue weighted by Gasteiger charge is -2.45. The molecule has 10 heteroatoms. The molecule has 20 rings (SSSR count). The summed E-state index contributed by atoms with van der Waals surface area (Å²) in [7, 11) is 0. The van der Waals surface area contributed by atoms with E-state index in [0.29, 0.717) is 26.4 Å².